The molecular formula is C25H27N5O4S. The average Bonchev–Trinajstić information content (AvgIpc) is 3.50. The molecule has 35 heavy (non-hydrogen) atoms. The van der Waals surface area contributed by atoms with Crippen LogP contribution in [-0.2, 0) is 4.74 Å². The molecule has 2 fully saturated rings. The quantitative estimate of drug-likeness (QED) is 0.284. The van der Waals surface area contributed by atoms with Gasteiger partial charge in [-0.3, -0.25) is 20.0 Å². The first-order valence-electron chi connectivity index (χ1n) is 11.7. The largest absolute Gasteiger partial charge is 0.459 e. The third-order valence-corrected chi connectivity index (χ3v) is 6.81. The van der Waals surface area contributed by atoms with E-state index < -0.39 is 4.92 Å². The summed E-state index contributed by atoms with van der Waals surface area (Å²) in [6.45, 7) is 5.25. The molecule has 0 amide bonds. The Hall–Kier alpha value is -3.34. The van der Waals surface area contributed by atoms with Crippen LogP contribution in [0.5, 0.6) is 0 Å². The predicted octanol–water partition coefficient (Wildman–Crippen LogP) is 3.94. The Labute approximate surface area is 208 Å². The third kappa shape index (κ3) is 5.19. The average molecular weight is 494 g/mol. The summed E-state index contributed by atoms with van der Waals surface area (Å²) in [7, 11) is 0. The van der Waals surface area contributed by atoms with Crippen LogP contribution >= 0.6 is 12.2 Å². The monoisotopic (exact) mass is 493 g/mol. The molecule has 2 saturated heterocycles. The summed E-state index contributed by atoms with van der Waals surface area (Å²) in [6.07, 6.45) is 2.74. The fraction of sp³-hybridized carbons (Fsp3) is 0.360. The molecule has 4 heterocycles. The number of nitro benzene ring substituents is 1. The summed E-state index contributed by atoms with van der Waals surface area (Å²) >= 11 is 5.75. The summed E-state index contributed by atoms with van der Waals surface area (Å²) in [4.78, 5) is 19.8. The molecule has 5 rings (SSSR count). The van der Waals surface area contributed by atoms with Crippen LogP contribution in [-0.4, -0.2) is 64.2 Å². The third-order valence-electron chi connectivity index (χ3n) is 6.46. The van der Waals surface area contributed by atoms with Crippen molar-refractivity contribution in [3.63, 3.8) is 0 Å². The highest BCUT2D eigenvalue weighted by molar-refractivity contribution is 7.80. The van der Waals surface area contributed by atoms with Gasteiger partial charge in [0.25, 0.3) is 5.69 Å². The maximum absolute atomic E-state index is 11.0. The smallest absolute Gasteiger partial charge is 0.269 e. The molecule has 0 radical (unpaired) electrons. The Kier molecular flexibility index (Phi) is 7.03. The zero-order valence-corrected chi connectivity index (χ0v) is 20.0. The molecule has 0 unspecified atom stereocenters. The summed E-state index contributed by atoms with van der Waals surface area (Å²) in [5.74, 6) is 1.42. The van der Waals surface area contributed by atoms with Crippen molar-refractivity contribution in [2.75, 3.05) is 39.4 Å². The highest BCUT2D eigenvalue weighted by Crippen LogP contribution is 2.40. The van der Waals surface area contributed by atoms with Crippen LogP contribution in [0.25, 0.3) is 11.3 Å². The number of nitrogens with one attached hydrogen (secondary N) is 1. The van der Waals surface area contributed by atoms with Gasteiger partial charge in [0.05, 0.1) is 29.9 Å². The van der Waals surface area contributed by atoms with Gasteiger partial charge in [0.2, 0.25) is 0 Å². The van der Waals surface area contributed by atoms with E-state index in [1.807, 2.05) is 30.3 Å². The molecule has 2 atom stereocenters. The van der Waals surface area contributed by atoms with E-state index in [0.29, 0.717) is 10.9 Å². The van der Waals surface area contributed by atoms with Gasteiger partial charge in [0, 0.05) is 50.1 Å². The van der Waals surface area contributed by atoms with Gasteiger partial charge in [-0.1, -0.05) is 6.07 Å². The number of non-ortho nitro benzene ring substituents is 1. The van der Waals surface area contributed by atoms with Crippen molar-refractivity contribution < 1.29 is 14.1 Å². The molecule has 10 heteroatoms. The van der Waals surface area contributed by atoms with Crippen molar-refractivity contribution in [2.24, 2.45) is 0 Å². The van der Waals surface area contributed by atoms with E-state index in [2.05, 4.69) is 20.1 Å². The number of hydrogen-bond donors (Lipinski definition) is 1. The summed E-state index contributed by atoms with van der Waals surface area (Å²) < 4.78 is 11.8. The van der Waals surface area contributed by atoms with Crippen LogP contribution < -0.4 is 5.32 Å². The topological polar surface area (TPSA) is 96.9 Å². The molecule has 0 saturated carbocycles. The van der Waals surface area contributed by atoms with E-state index in [-0.39, 0.29) is 17.8 Å². The molecule has 1 N–H and O–H groups in total. The first-order chi connectivity index (χ1) is 17.1. The van der Waals surface area contributed by atoms with Gasteiger partial charge in [-0.15, -0.1) is 0 Å². The van der Waals surface area contributed by atoms with Crippen LogP contribution in [0.15, 0.2) is 65.2 Å². The predicted molar refractivity (Wildman–Crippen MR) is 135 cm³/mol. The van der Waals surface area contributed by atoms with E-state index in [1.54, 1.807) is 18.3 Å². The molecule has 2 aliphatic rings. The van der Waals surface area contributed by atoms with Crippen molar-refractivity contribution in [2.45, 2.75) is 18.5 Å². The van der Waals surface area contributed by atoms with Gasteiger partial charge in [-0.25, -0.2) is 0 Å². The number of nitro groups is 1. The van der Waals surface area contributed by atoms with Gasteiger partial charge >= 0.3 is 0 Å². The lowest BCUT2D eigenvalue weighted by Crippen LogP contribution is -2.38. The standard InChI is InChI=1S/C25H27N5O4S/c31-30(32)19-7-5-18(6-8-19)21-9-10-22(34-21)24-23(20-4-1-2-11-26-20)27-25(35)29(24)13-3-12-28-14-16-33-17-15-28/h1-2,4-11,23-24H,3,12-17H2,(H,27,35)/t23-,24+/m0/s1. The Balaban J connectivity index is 1.38. The molecule has 2 aliphatic heterocycles. The van der Waals surface area contributed by atoms with Crippen LogP contribution in [0.1, 0.15) is 30.0 Å². The number of nitrogens with zero attached hydrogens (tertiary/aromatic N) is 4. The van der Waals surface area contributed by atoms with Crippen molar-refractivity contribution in [3.05, 3.63) is 82.4 Å². The van der Waals surface area contributed by atoms with E-state index >= 15 is 0 Å². The highest BCUT2D eigenvalue weighted by atomic mass is 32.1. The second-order valence-corrected chi connectivity index (χ2v) is 9.02. The zero-order valence-electron chi connectivity index (χ0n) is 19.2. The van der Waals surface area contributed by atoms with E-state index in [0.717, 1.165) is 62.8 Å². The number of benzene rings is 1. The second kappa shape index (κ2) is 10.5. The molecule has 2 aromatic heterocycles. The molecule has 9 nitrogen and oxygen atoms in total. The van der Waals surface area contributed by atoms with Crippen molar-refractivity contribution >= 4 is 23.0 Å². The molecular weight excluding hydrogens is 466 g/mol. The van der Waals surface area contributed by atoms with Gasteiger partial charge in [0.15, 0.2) is 5.11 Å². The zero-order chi connectivity index (χ0) is 24.2. The Morgan fingerprint density at radius 1 is 1.09 bits per heavy atom. The highest BCUT2D eigenvalue weighted by Gasteiger charge is 2.41. The van der Waals surface area contributed by atoms with Gasteiger partial charge in [-0.2, -0.15) is 0 Å². The maximum Gasteiger partial charge on any atom is 0.269 e. The molecule has 182 valence electrons. The van der Waals surface area contributed by atoms with E-state index in [9.17, 15) is 10.1 Å². The van der Waals surface area contributed by atoms with Crippen LogP contribution in [0.4, 0.5) is 5.69 Å². The lowest BCUT2D eigenvalue weighted by atomic mass is 10.0. The molecule has 0 spiro atoms. The molecule has 0 bridgehead atoms. The minimum atomic E-state index is -0.408. The molecule has 0 aliphatic carbocycles. The number of morpholine rings is 1. The second-order valence-electron chi connectivity index (χ2n) is 8.63. The Morgan fingerprint density at radius 2 is 1.89 bits per heavy atom. The Morgan fingerprint density at radius 3 is 2.60 bits per heavy atom. The first kappa shape index (κ1) is 23.4. The van der Waals surface area contributed by atoms with Crippen molar-refractivity contribution in [1.82, 2.24) is 20.1 Å². The number of thiocarbonyl (C=S) groups is 1. The van der Waals surface area contributed by atoms with Gasteiger partial charge < -0.3 is 19.4 Å². The number of rotatable bonds is 8. The minimum absolute atomic E-state index is 0.0486. The number of ether oxygens (including phenoxy) is 1. The summed E-state index contributed by atoms with van der Waals surface area (Å²) in [5.41, 5.74) is 1.72. The fourth-order valence-corrected chi connectivity index (χ4v) is 4.99. The lowest BCUT2D eigenvalue weighted by Gasteiger charge is -2.29. The summed E-state index contributed by atoms with van der Waals surface area (Å²) in [5, 5.41) is 15.1. The Bertz CT molecular complexity index is 1160. The number of pyridine rings is 1. The van der Waals surface area contributed by atoms with E-state index in [4.69, 9.17) is 21.4 Å². The SMILES string of the molecule is O=[N+]([O-])c1ccc(-c2ccc([C@@H]3[C@H](c4ccccn4)NC(=S)N3CCCN3CCOCC3)o2)cc1. The maximum atomic E-state index is 11.0. The van der Waals surface area contributed by atoms with Gasteiger partial charge in [0.1, 0.15) is 17.6 Å². The van der Waals surface area contributed by atoms with Crippen molar-refractivity contribution in [3.8, 4) is 11.3 Å². The number of furan rings is 1. The normalized spacial score (nSPS) is 20.7. The van der Waals surface area contributed by atoms with Gasteiger partial charge in [-0.05, 0) is 55.0 Å². The molecule has 3 aromatic rings. The van der Waals surface area contributed by atoms with Crippen LogP contribution in [0.3, 0.4) is 0 Å². The minimum Gasteiger partial charge on any atom is -0.459 e. The fourth-order valence-electron chi connectivity index (χ4n) is 4.66. The summed E-state index contributed by atoms with van der Waals surface area (Å²) in [6, 6.07) is 15.8. The first-order valence-corrected chi connectivity index (χ1v) is 12.1. The van der Waals surface area contributed by atoms with Crippen molar-refractivity contribution in [1.29, 1.82) is 0 Å². The lowest BCUT2D eigenvalue weighted by molar-refractivity contribution is -0.384. The molecule has 1 aromatic carbocycles. The van der Waals surface area contributed by atoms with Crippen LogP contribution in [0.2, 0.25) is 0 Å². The number of aromatic nitrogens is 1. The van der Waals surface area contributed by atoms with Crippen LogP contribution in [0, 0.1) is 10.1 Å². The number of hydrogen-bond acceptors (Lipinski definition) is 7. The van der Waals surface area contributed by atoms with E-state index in [1.165, 1.54) is 12.1 Å².